The number of nitrogens with two attached hydrogens (primary N) is 1. The summed E-state index contributed by atoms with van der Waals surface area (Å²) in [6, 6.07) is 8.10. The van der Waals surface area contributed by atoms with Gasteiger partial charge < -0.3 is 10.6 Å². The number of amides is 1. The predicted molar refractivity (Wildman–Crippen MR) is 79.4 cm³/mol. The van der Waals surface area contributed by atoms with Gasteiger partial charge in [-0.3, -0.25) is 9.89 Å². The highest BCUT2D eigenvalue weighted by Crippen LogP contribution is 2.23. The number of aromatic amines is 1. The maximum Gasteiger partial charge on any atom is 0.276 e. The summed E-state index contributed by atoms with van der Waals surface area (Å²) < 4.78 is 0. The zero-order valence-electron chi connectivity index (χ0n) is 12.3. The van der Waals surface area contributed by atoms with E-state index in [4.69, 9.17) is 5.73 Å². The van der Waals surface area contributed by atoms with Crippen LogP contribution in [0.1, 0.15) is 40.3 Å². The highest BCUT2D eigenvalue weighted by molar-refractivity contribution is 5.97. The number of hydrogen-bond donors (Lipinski definition) is 2. The monoisotopic (exact) mass is 272 g/mol. The molecule has 0 aliphatic heterocycles. The summed E-state index contributed by atoms with van der Waals surface area (Å²) in [6.45, 7) is 5.82. The second kappa shape index (κ2) is 5.36. The molecule has 106 valence electrons. The van der Waals surface area contributed by atoms with Gasteiger partial charge >= 0.3 is 0 Å². The Morgan fingerprint density at radius 2 is 1.90 bits per heavy atom. The fourth-order valence-electron chi connectivity index (χ4n) is 2.01. The first kappa shape index (κ1) is 14.1. The Kier molecular flexibility index (Phi) is 3.79. The van der Waals surface area contributed by atoms with E-state index in [0.717, 1.165) is 5.56 Å². The summed E-state index contributed by atoms with van der Waals surface area (Å²) in [6.07, 6.45) is 0. The average molecular weight is 272 g/mol. The van der Waals surface area contributed by atoms with Crippen molar-refractivity contribution in [3.63, 3.8) is 0 Å². The number of anilines is 1. The van der Waals surface area contributed by atoms with E-state index in [2.05, 4.69) is 10.2 Å². The number of benzene rings is 1. The standard InChI is InChI=1S/C15H20N4O/c1-9-5-7-12(8-6-9)11(3)19(4)15(20)14-13(16)10(2)17-18-14/h5-8,11H,16H2,1-4H3,(H,17,18). The first-order valence-corrected chi connectivity index (χ1v) is 6.56. The normalized spacial score (nSPS) is 12.2. The molecule has 1 heterocycles. The lowest BCUT2D eigenvalue weighted by molar-refractivity contribution is 0.0737. The predicted octanol–water partition coefficient (Wildman–Crippen LogP) is 2.44. The molecule has 1 aromatic heterocycles. The molecule has 0 saturated heterocycles. The number of carbonyl (C=O) groups excluding carboxylic acids is 1. The van der Waals surface area contributed by atoms with E-state index in [-0.39, 0.29) is 17.6 Å². The fourth-order valence-corrected chi connectivity index (χ4v) is 2.01. The zero-order valence-corrected chi connectivity index (χ0v) is 12.3. The summed E-state index contributed by atoms with van der Waals surface area (Å²) in [5, 5.41) is 6.72. The Labute approximate surface area is 118 Å². The van der Waals surface area contributed by atoms with Crippen LogP contribution in [0.3, 0.4) is 0 Å². The van der Waals surface area contributed by atoms with Gasteiger partial charge in [0.05, 0.1) is 17.4 Å². The molecule has 0 bridgehead atoms. The van der Waals surface area contributed by atoms with Crippen LogP contribution in [-0.2, 0) is 0 Å². The molecule has 0 radical (unpaired) electrons. The Morgan fingerprint density at radius 1 is 1.30 bits per heavy atom. The van der Waals surface area contributed by atoms with Gasteiger partial charge in [0.15, 0.2) is 5.69 Å². The van der Waals surface area contributed by atoms with Crippen LogP contribution in [0.4, 0.5) is 5.69 Å². The first-order chi connectivity index (χ1) is 9.41. The van der Waals surface area contributed by atoms with Gasteiger partial charge in [0.2, 0.25) is 0 Å². The van der Waals surface area contributed by atoms with Gasteiger partial charge in [-0.2, -0.15) is 5.10 Å². The Morgan fingerprint density at radius 3 is 2.40 bits per heavy atom. The molecular weight excluding hydrogens is 252 g/mol. The number of carbonyl (C=O) groups is 1. The van der Waals surface area contributed by atoms with Gasteiger partial charge in [-0.05, 0) is 26.3 Å². The van der Waals surface area contributed by atoms with Crippen molar-refractivity contribution in [2.75, 3.05) is 12.8 Å². The topological polar surface area (TPSA) is 75.0 Å². The van der Waals surface area contributed by atoms with Gasteiger partial charge in [0.1, 0.15) is 0 Å². The lowest BCUT2D eigenvalue weighted by Crippen LogP contribution is -2.30. The summed E-state index contributed by atoms with van der Waals surface area (Å²) in [7, 11) is 1.76. The van der Waals surface area contributed by atoms with Crippen molar-refractivity contribution in [3.8, 4) is 0 Å². The summed E-state index contributed by atoms with van der Waals surface area (Å²) in [5.74, 6) is -0.181. The molecule has 0 fully saturated rings. The molecule has 5 nitrogen and oxygen atoms in total. The van der Waals surface area contributed by atoms with E-state index < -0.39 is 0 Å². The molecule has 0 aliphatic rings. The van der Waals surface area contributed by atoms with Gasteiger partial charge in [0.25, 0.3) is 5.91 Å². The van der Waals surface area contributed by atoms with Crippen LogP contribution in [0.2, 0.25) is 0 Å². The molecule has 1 aromatic carbocycles. The second-order valence-electron chi connectivity index (χ2n) is 5.11. The number of hydrogen-bond acceptors (Lipinski definition) is 3. The van der Waals surface area contributed by atoms with E-state index in [1.165, 1.54) is 5.56 Å². The third-order valence-electron chi connectivity index (χ3n) is 3.66. The van der Waals surface area contributed by atoms with Gasteiger partial charge in [-0.1, -0.05) is 29.8 Å². The van der Waals surface area contributed by atoms with Crippen molar-refractivity contribution in [1.82, 2.24) is 15.1 Å². The quantitative estimate of drug-likeness (QED) is 0.901. The Hall–Kier alpha value is -2.30. The van der Waals surface area contributed by atoms with E-state index in [0.29, 0.717) is 11.4 Å². The number of aryl methyl sites for hydroxylation is 2. The molecule has 0 spiro atoms. The van der Waals surface area contributed by atoms with Crippen LogP contribution in [-0.4, -0.2) is 28.1 Å². The van der Waals surface area contributed by atoms with Crippen LogP contribution in [0.15, 0.2) is 24.3 Å². The number of aromatic nitrogens is 2. The molecular formula is C15H20N4O. The maximum atomic E-state index is 12.4. The third-order valence-corrected chi connectivity index (χ3v) is 3.66. The molecule has 1 unspecified atom stereocenters. The smallest absolute Gasteiger partial charge is 0.276 e. The van der Waals surface area contributed by atoms with Gasteiger partial charge in [0, 0.05) is 7.05 Å². The number of nitrogen functional groups attached to an aromatic ring is 1. The summed E-state index contributed by atoms with van der Waals surface area (Å²) in [5.41, 5.74) is 9.54. The molecule has 1 atom stereocenters. The number of nitrogens with one attached hydrogen (secondary N) is 1. The minimum absolute atomic E-state index is 0.0421. The highest BCUT2D eigenvalue weighted by Gasteiger charge is 2.23. The van der Waals surface area contributed by atoms with Crippen molar-refractivity contribution in [2.24, 2.45) is 0 Å². The number of H-pyrrole nitrogens is 1. The largest absolute Gasteiger partial charge is 0.395 e. The van der Waals surface area contributed by atoms with E-state index in [1.807, 2.05) is 38.1 Å². The molecule has 0 aliphatic carbocycles. The molecule has 3 N–H and O–H groups in total. The van der Waals surface area contributed by atoms with Crippen LogP contribution in [0.25, 0.3) is 0 Å². The van der Waals surface area contributed by atoms with Crippen molar-refractivity contribution >= 4 is 11.6 Å². The lowest BCUT2D eigenvalue weighted by Gasteiger charge is -2.25. The maximum absolute atomic E-state index is 12.4. The SMILES string of the molecule is Cc1ccc(C(C)N(C)C(=O)c2n[nH]c(C)c2N)cc1. The Bertz CT molecular complexity index is 615. The van der Waals surface area contributed by atoms with E-state index in [9.17, 15) is 4.79 Å². The molecule has 1 amide bonds. The molecule has 0 saturated carbocycles. The van der Waals surface area contributed by atoms with Crippen LogP contribution in [0, 0.1) is 13.8 Å². The van der Waals surface area contributed by atoms with Crippen molar-refractivity contribution in [2.45, 2.75) is 26.8 Å². The second-order valence-corrected chi connectivity index (χ2v) is 5.11. The number of rotatable bonds is 3. The summed E-state index contributed by atoms with van der Waals surface area (Å²) >= 11 is 0. The van der Waals surface area contributed by atoms with Crippen molar-refractivity contribution < 1.29 is 4.79 Å². The van der Waals surface area contributed by atoms with Crippen LogP contribution in [0.5, 0.6) is 0 Å². The third kappa shape index (κ3) is 2.52. The molecule has 20 heavy (non-hydrogen) atoms. The van der Waals surface area contributed by atoms with Crippen LogP contribution >= 0.6 is 0 Å². The molecule has 5 heteroatoms. The van der Waals surface area contributed by atoms with Crippen LogP contribution < -0.4 is 5.73 Å². The van der Waals surface area contributed by atoms with Crippen molar-refractivity contribution in [1.29, 1.82) is 0 Å². The van der Waals surface area contributed by atoms with Crippen molar-refractivity contribution in [3.05, 3.63) is 46.8 Å². The lowest BCUT2D eigenvalue weighted by atomic mass is 10.1. The zero-order chi connectivity index (χ0) is 14.9. The minimum atomic E-state index is -0.181. The molecule has 2 rings (SSSR count). The molecule has 2 aromatic rings. The fraction of sp³-hybridized carbons (Fsp3) is 0.333. The Balaban J connectivity index is 2.22. The van der Waals surface area contributed by atoms with E-state index >= 15 is 0 Å². The van der Waals surface area contributed by atoms with Gasteiger partial charge in [-0.25, -0.2) is 0 Å². The van der Waals surface area contributed by atoms with Gasteiger partial charge in [-0.15, -0.1) is 0 Å². The first-order valence-electron chi connectivity index (χ1n) is 6.56. The number of nitrogens with zero attached hydrogens (tertiary/aromatic N) is 2. The average Bonchev–Trinajstić information content (AvgIpc) is 2.77. The minimum Gasteiger partial charge on any atom is -0.395 e. The summed E-state index contributed by atoms with van der Waals surface area (Å²) in [4.78, 5) is 14.1. The highest BCUT2D eigenvalue weighted by atomic mass is 16.2. The van der Waals surface area contributed by atoms with E-state index in [1.54, 1.807) is 18.9 Å².